The lowest BCUT2D eigenvalue weighted by atomic mass is 10.0. The summed E-state index contributed by atoms with van der Waals surface area (Å²) >= 11 is 0. The van der Waals surface area contributed by atoms with Crippen LogP contribution in [0.1, 0.15) is 16.8 Å². The summed E-state index contributed by atoms with van der Waals surface area (Å²) in [5.41, 5.74) is 3.16. The molecule has 0 radical (unpaired) electrons. The minimum absolute atomic E-state index is 0.244. The molecule has 0 atom stereocenters. The fourth-order valence-corrected chi connectivity index (χ4v) is 2.72. The van der Waals surface area contributed by atoms with Crippen molar-refractivity contribution in [1.82, 2.24) is 4.98 Å². The van der Waals surface area contributed by atoms with Crippen LogP contribution in [0.2, 0.25) is 0 Å². The molecule has 3 aromatic rings. The third-order valence-corrected chi connectivity index (χ3v) is 3.84. The summed E-state index contributed by atoms with van der Waals surface area (Å²) in [5.74, 6) is -1.44. The number of hydrogen-bond donors (Lipinski definition) is 2. The van der Waals surface area contributed by atoms with Gasteiger partial charge in [-0.2, -0.15) is 5.26 Å². The van der Waals surface area contributed by atoms with Gasteiger partial charge < -0.3 is 10.4 Å². The van der Waals surface area contributed by atoms with E-state index < -0.39 is 11.8 Å². The highest BCUT2D eigenvalue weighted by atomic mass is 19.1. The molecule has 25 heavy (non-hydrogen) atoms. The molecule has 3 rings (SSSR count). The molecule has 6 heteroatoms. The Morgan fingerprint density at radius 3 is 2.84 bits per heavy atom. The lowest BCUT2D eigenvalue weighted by Crippen LogP contribution is -2.08. The van der Waals surface area contributed by atoms with Gasteiger partial charge in [0.1, 0.15) is 5.82 Å². The summed E-state index contributed by atoms with van der Waals surface area (Å²) in [5, 5.41) is 21.9. The maximum Gasteiger partial charge on any atom is 0.307 e. The van der Waals surface area contributed by atoms with Gasteiger partial charge in [0.15, 0.2) is 0 Å². The van der Waals surface area contributed by atoms with Crippen LogP contribution in [0.4, 0.5) is 15.8 Å². The smallest absolute Gasteiger partial charge is 0.307 e. The van der Waals surface area contributed by atoms with E-state index >= 15 is 0 Å². The molecular weight excluding hydrogens is 321 g/mol. The third-order valence-electron chi connectivity index (χ3n) is 3.84. The van der Waals surface area contributed by atoms with Crippen LogP contribution in [0.5, 0.6) is 0 Å². The number of benzene rings is 2. The SMILES string of the molecule is Cc1nc2ccc(F)cc2c(Nc2cccc(C#N)c2)c1CC(=O)O. The highest BCUT2D eigenvalue weighted by Crippen LogP contribution is 2.32. The van der Waals surface area contributed by atoms with E-state index in [9.17, 15) is 14.3 Å². The quantitative estimate of drug-likeness (QED) is 0.754. The van der Waals surface area contributed by atoms with Gasteiger partial charge in [-0.3, -0.25) is 9.78 Å². The van der Waals surface area contributed by atoms with Crippen LogP contribution in [0.3, 0.4) is 0 Å². The van der Waals surface area contributed by atoms with Crippen LogP contribution in [-0.4, -0.2) is 16.1 Å². The molecule has 0 saturated heterocycles. The van der Waals surface area contributed by atoms with Crippen molar-refractivity contribution < 1.29 is 14.3 Å². The van der Waals surface area contributed by atoms with Crippen molar-refractivity contribution in [3.8, 4) is 6.07 Å². The number of nitrogens with one attached hydrogen (secondary N) is 1. The molecule has 2 N–H and O–H groups in total. The second-order valence-electron chi connectivity index (χ2n) is 5.60. The van der Waals surface area contributed by atoms with Gasteiger partial charge in [-0.1, -0.05) is 6.07 Å². The zero-order valence-corrected chi connectivity index (χ0v) is 13.4. The molecule has 0 bridgehead atoms. The highest BCUT2D eigenvalue weighted by Gasteiger charge is 2.16. The van der Waals surface area contributed by atoms with Crippen molar-refractivity contribution >= 4 is 28.2 Å². The average Bonchev–Trinajstić information content (AvgIpc) is 2.58. The van der Waals surface area contributed by atoms with Crippen LogP contribution in [0.25, 0.3) is 10.9 Å². The first-order valence-electron chi connectivity index (χ1n) is 7.55. The zero-order valence-electron chi connectivity index (χ0n) is 13.4. The van der Waals surface area contributed by atoms with Crippen LogP contribution in [-0.2, 0) is 11.2 Å². The number of hydrogen-bond acceptors (Lipinski definition) is 4. The summed E-state index contributed by atoms with van der Waals surface area (Å²) in [6.45, 7) is 1.72. The predicted octanol–water partition coefficient (Wildman–Crippen LogP) is 3.92. The Balaban J connectivity index is 2.23. The number of anilines is 2. The van der Waals surface area contributed by atoms with Crippen LogP contribution >= 0.6 is 0 Å². The van der Waals surface area contributed by atoms with Gasteiger partial charge in [-0.15, -0.1) is 0 Å². The number of carbonyl (C=O) groups is 1. The summed E-state index contributed by atoms with van der Waals surface area (Å²) < 4.78 is 13.8. The van der Waals surface area contributed by atoms with Gasteiger partial charge in [0.25, 0.3) is 0 Å². The van der Waals surface area contributed by atoms with E-state index in [1.165, 1.54) is 12.1 Å². The molecule has 0 aliphatic rings. The van der Waals surface area contributed by atoms with Crippen molar-refractivity contribution in [2.24, 2.45) is 0 Å². The number of nitrogens with zero attached hydrogens (tertiary/aromatic N) is 2. The highest BCUT2D eigenvalue weighted by molar-refractivity contribution is 5.96. The van der Waals surface area contributed by atoms with E-state index in [2.05, 4.69) is 16.4 Å². The molecule has 0 saturated carbocycles. The Kier molecular flexibility index (Phi) is 4.31. The second kappa shape index (κ2) is 6.57. The number of carboxylic acid groups (broad SMARTS) is 1. The van der Waals surface area contributed by atoms with Gasteiger partial charge in [-0.25, -0.2) is 4.39 Å². The van der Waals surface area contributed by atoms with Crippen molar-refractivity contribution in [2.45, 2.75) is 13.3 Å². The number of fused-ring (bicyclic) bond motifs is 1. The fraction of sp³-hybridized carbons (Fsp3) is 0.105. The summed E-state index contributed by atoms with van der Waals surface area (Å²) in [4.78, 5) is 15.6. The summed E-state index contributed by atoms with van der Waals surface area (Å²) in [6.07, 6.45) is -0.244. The summed E-state index contributed by atoms with van der Waals surface area (Å²) in [6, 6.07) is 13.0. The molecule has 0 fully saturated rings. The van der Waals surface area contributed by atoms with Crippen molar-refractivity contribution in [1.29, 1.82) is 5.26 Å². The van der Waals surface area contributed by atoms with E-state index in [1.807, 2.05) is 0 Å². The topological polar surface area (TPSA) is 86.0 Å². The molecule has 1 aromatic heterocycles. The van der Waals surface area contributed by atoms with Crippen molar-refractivity contribution in [2.75, 3.05) is 5.32 Å². The number of pyridine rings is 1. The van der Waals surface area contributed by atoms with Gasteiger partial charge in [0, 0.05) is 22.3 Å². The van der Waals surface area contributed by atoms with E-state index in [-0.39, 0.29) is 6.42 Å². The number of aromatic nitrogens is 1. The maximum absolute atomic E-state index is 13.8. The molecule has 124 valence electrons. The number of aryl methyl sites for hydroxylation is 1. The molecule has 0 spiro atoms. The van der Waals surface area contributed by atoms with Gasteiger partial charge in [-0.05, 0) is 43.3 Å². The number of halogens is 1. The largest absolute Gasteiger partial charge is 0.481 e. The van der Waals surface area contributed by atoms with Gasteiger partial charge >= 0.3 is 5.97 Å². The number of rotatable bonds is 4. The lowest BCUT2D eigenvalue weighted by Gasteiger charge is -2.16. The molecule has 0 aliphatic heterocycles. The fourth-order valence-electron chi connectivity index (χ4n) is 2.72. The predicted molar refractivity (Wildman–Crippen MR) is 92.2 cm³/mol. The number of nitriles is 1. The van der Waals surface area contributed by atoms with Gasteiger partial charge in [0.2, 0.25) is 0 Å². The molecule has 0 amide bonds. The van der Waals surface area contributed by atoms with Crippen LogP contribution in [0.15, 0.2) is 42.5 Å². The van der Waals surface area contributed by atoms with Crippen LogP contribution in [0, 0.1) is 24.1 Å². The lowest BCUT2D eigenvalue weighted by molar-refractivity contribution is -0.136. The first kappa shape index (κ1) is 16.4. The Labute approximate surface area is 143 Å². The maximum atomic E-state index is 13.8. The van der Waals surface area contributed by atoms with Gasteiger partial charge in [0.05, 0.1) is 29.3 Å². The Hall–Kier alpha value is -3.46. The molecule has 2 aromatic carbocycles. The molecular formula is C19H14FN3O2. The second-order valence-corrected chi connectivity index (χ2v) is 5.60. The third kappa shape index (κ3) is 3.40. The van der Waals surface area contributed by atoms with Crippen molar-refractivity contribution in [3.63, 3.8) is 0 Å². The van der Waals surface area contributed by atoms with Crippen molar-refractivity contribution in [3.05, 3.63) is 65.1 Å². The monoisotopic (exact) mass is 335 g/mol. The number of carboxylic acids is 1. The first-order valence-corrected chi connectivity index (χ1v) is 7.55. The first-order chi connectivity index (χ1) is 12.0. The summed E-state index contributed by atoms with van der Waals surface area (Å²) in [7, 11) is 0. The van der Waals surface area contributed by atoms with E-state index in [0.29, 0.717) is 39.1 Å². The zero-order chi connectivity index (χ0) is 18.0. The minimum Gasteiger partial charge on any atom is -0.481 e. The molecule has 1 heterocycles. The average molecular weight is 335 g/mol. The Morgan fingerprint density at radius 1 is 1.32 bits per heavy atom. The minimum atomic E-state index is -1.01. The Morgan fingerprint density at radius 2 is 2.12 bits per heavy atom. The molecule has 5 nitrogen and oxygen atoms in total. The van der Waals surface area contributed by atoms with E-state index in [0.717, 1.165) is 0 Å². The normalized spacial score (nSPS) is 10.4. The standard InChI is InChI=1S/C19H14FN3O2/c1-11-15(9-18(24)25)19(16-8-13(20)5-6-17(16)22-11)23-14-4-2-3-12(7-14)10-21/h2-8H,9H2,1H3,(H,22,23)(H,24,25). The van der Waals surface area contributed by atoms with E-state index in [4.69, 9.17) is 5.26 Å². The van der Waals surface area contributed by atoms with E-state index in [1.54, 1.807) is 37.3 Å². The number of aliphatic carboxylic acids is 1. The molecule has 0 aliphatic carbocycles. The van der Waals surface area contributed by atoms with Crippen LogP contribution < -0.4 is 5.32 Å². The molecule has 0 unspecified atom stereocenters. The Bertz CT molecular complexity index is 1030.